The van der Waals surface area contributed by atoms with E-state index >= 15 is 0 Å². The maximum atomic E-state index is 10.8. The van der Waals surface area contributed by atoms with Gasteiger partial charge >= 0.3 is 0 Å². The third kappa shape index (κ3) is 1.04. The van der Waals surface area contributed by atoms with Crippen molar-refractivity contribution in [2.45, 2.75) is 18.4 Å². The van der Waals surface area contributed by atoms with Gasteiger partial charge in [-0.1, -0.05) is 6.08 Å². The van der Waals surface area contributed by atoms with Crippen LogP contribution in [0.25, 0.3) is 0 Å². The zero-order chi connectivity index (χ0) is 7.73. The first-order valence-corrected chi connectivity index (χ1v) is 3.76. The van der Waals surface area contributed by atoms with Crippen molar-refractivity contribution >= 4 is 12.0 Å². The number of carbonyl (C=O) groups excluding carboxylic acids is 1. The monoisotopic (exact) mass is 147 g/mol. The van der Waals surface area contributed by atoms with Crippen molar-refractivity contribution in [1.29, 1.82) is 0 Å². The van der Waals surface area contributed by atoms with Crippen LogP contribution < -0.4 is 0 Å². The van der Waals surface area contributed by atoms with E-state index in [1.807, 2.05) is 18.2 Å². The number of rotatable bonds is 0. The Balaban J connectivity index is 2.30. The number of nitrogens with zero attached hydrogens (tertiary/aromatic N) is 1. The van der Waals surface area contributed by atoms with E-state index in [1.54, 1.807) is 12.3 Å². The Bertz CT molecular complexity index is 261. The van der Waals surface area contributed by atoms with Gasteiger partial charge in [0.25, 0.3) is 0 Å². The topological polar surface area (TPSA) is 29.4 Å². The van der Waals surface area contributed by atoms with Crippen molar-refractivity contribution in [2.75, 3.05) is 0 Å². The average Bonchev–Trinajstić information content (AvgIpc) is 2.45. The minimum absolute atomic E-state index is 0.159. The molecule has 1 heterocycles. The molecule has 0 fully saturated rings. The van der Waals surface area contributed by atoms with Crippen LogP contribution in [0.5, 0.6) is 0 Å². The third-order valence-electron chi connectivity index (χ3n) is 2.12. The summed E-state index contributed by atoms with van der Waals surface area (Å²) in [4.78, 5) is 15.1. The lowest BCUT2D eigenvalue weighted by Gasteiger charge is -2.22. The van der Waals surface area contributed by atoms with Gasteiger partial charge in [0.15, 0.2) is 5.78 Å². The fourth-order valence-electron chi connectivity index (χ4n) is 1.41. The molecular formula is C9H9NO. The Morgan fingerprint density at radius 2 is 2.36 bits per heavy atom. The summed E-state index contributed by atoms with van der Waals surface area (Å²) in [6.07, 6.45) is 10.7. The van der Waals surface area contributed by atoms with E-state index in [-0.39, 0.29) is 11.3 Å². The minimum atomic E-state index is -0.159. The molecule has 0 saturated carbocycles. The van der Waals surface area contributed by atoms with Crippen LogP contribution in [0, 0.1) is 0 Å². The predicted molar refractivity (Wildman–Crippen MR) is 43.7 cm³/mol. The fraction of sp³-hybridized carbons (Fsp3) is 0.333. The van der Waals surface area contributed by atoms with E-state index in [4.69, 9.17) is 0 Å². The normalized spacial score (nSPS) is 34.0. The molecule has 0 N–H and O–H groups in total. The van der Waals surface area contributed by atoms with E-state index in [2.05, 4.69) is 4.99 Å². The van der Waals surface area contributed by atoms with E-state index in [0.29, 0.717) is 6.42 Å². The van der Waals surface area contributed by atoms with Crippen LogP contribution in [0.4, 0.5) is 0 Å². The molecule has 1 unspecified atom stereocenters. The van der Waals surface area contributed by atoms with Gasteiger partial charge in [-0.25, -0.2) is 0 Å². The molecule has 0 aromatic carbocycles. The van der Waals surface area contributed by atoms with Gasteiger partial charge in [0.2, 0.25) is 0 Å². The highest BCUT2D eigenvalue weighted by atomic mass is 16.1. The highest BCUT2D eigenvalue weighted by molar-refractivity contribution is 5.91. The van der Waals surface area contributed by atoms with Crippen LogP contribution in [0.3, 0.4) is 0 Å². The lowest BCUT2D eigenvalue weighted by atomic mass is 9.88. The van der Waals surface area contributed by atoms with Crippen LogP contribution in [0.15, 0.2) is 29.3 Å². The van der Waals surface area contributed by atoms with Gasteiger partial charge < -0.3 is 0 Å². The van der Waals surface area contributed by atoms with Crippen molar-refractivity contribution < 1.29 is 4.79 Å². The van der Waals surface area contributed by atoms with E-state index in [9.17, 15) is 4.79 Å². The number of hydrogen-bond acceptors (Lipinski definition) is 2. The number of aliphatic imine (C=N–C) groups is 1. The molecule has 0 aromatic heterocycles. The maximum Gasteiger partial charge on any atom is 0.155 e. The van der Waals surface area contributed by atoms with Gasteiger partial charge in [0, 0.05) is 12.6 Å². The molecule has 0 radical (unpaired) electrons. The van der Waals surface area contributed by atoms with Crippen molar-refractivity contribution in [2.24, 2.45) is 4.99 Å². The van der Waals surface area contributed by atoms with Crippen molar-refractivity contribution in [3.8, 4) is 0 Å². The molecule has 1 aliphatic heterocycles. The lowest BCUT2D eigenvalue weighted by molar-refractivity contribution is -0.115. The summed E-state index contributed by atoms with van der Waals surface area (Å²) in [5.41, 5.74) is -0.159. The average molecular weight is 147 g/mol. The third-order valence-corrected chi connectivity index (χ3v) is 2.12. The molecule has 2 nitrogen and oxygen atoms in total. The molecule has 11 heavy (non-hydrogen) atoms. The lowest BCUT2D eigenvalue weighted by Crippen LogP contribution is -2.23. The quantitative estimate of drug-likeness (QED) is 0.507. The fourth-order valence-corrected chi connectivity index (χ4v) is 1.41. The number of carbonyl (C=O) groups is 1. The summed E-state index contributed by atoms with van der Waals surface area (Å²) in [5, 5.41) is 0. The first-order valence-electron chi connectivity index (χ1n) is 3.76. The number of ketones is 1. The minimum Gasteiger partial charge on any atom is -0.295 e. The second-order valence-corrected chi connectivity index (χ2v) is 2.93. The molecule has 1 aliphatic carbocycles. The molecule has 1 atom stereocenters. The van der Waals surface area contributed by atoms with Crippen molar-refractivity contribution in [3.05, 3.63) is 24.3 Å². The highest BCUT2D eigenvalue weighted by Gasteiger charge is 2.27. The number of hydrogen-bond donors (Lipinski definition) is 0. The van der Waals surface area contributed by atoms with Gasteiger partial charge in [0.1, 0.15) is 0 Å². The van der Waals surface area contributed by atoms with Crippen LogP contribution in [0.2, 0.25) is 0 Å². The van der Waals surface area contributed by atoms with Crippen molar-refractivity contribution in [3.63, 3.8) is 0 Å². The molecule has 2 heteroatoms. The Morgan fingerprint density at radius 3 is 2.91 bits per heavy atom. The van der Waals surface area contributed by atoms with Gasteiger partial charge in [-0.15, -0.1) is 0 Å². The molecule has 2 rings (SSSR count). The first kappa shape index (κ1) is 6.53. The van der Waals surface area contributed by atoms with E-state index < -0.39 is 0 Å². The van der Waals surface area contributed by atoms with E-state index in [0.717, 1.165) is 6.42 Å². The SMILES string of the molecule is O=C1C=CC2(C=CC=N2)CC1. The standard InChI is InChI=1S/C9H9NO/c11-8-2-5-9(6-3-8)4-1-7-10-9/h1-2,4-5,7H,3,6H2. The molecule has 0 bridgehead atoms. The van der Waals surface area contributed by atoms with Crippen LogP contribution in [-0.2, 0) is 4.79 Å². The highest BCUT2D eigenvalue weighted by Crippen LogP contribution is 2.28. The summed E-state index contributed by atoms with van der Waals surface area (Å²) < 4.78 is 0. The van der Waals surface area contributed by atoms with Crippen molar-refractivity contribution in [1.82, 2.24) is 0 Å². The van der Waals surface area contributed by atoms with Gasteiger partial charge in [-0.05, 0) is 24.6 Å². The predicted octanol–water partition coefficient (Wildman–Crippen LogP) is 1.28. The summed E-state index contributed by atoms with van der Waals surface area (Å²) >= 11 is 0. The molecule has 0 aromatic rings. The molecule has 0 amide bonds. The van der Waals surface area contributed by atoms with Gasteiger partial charge in [-0.2, -0.15) is 0 Å². The largest absolute Gasteiger partial charge is 0.295 e. The second-order valence-electron chi connectivity index (χ2n) is 2.93. The van der Waals surface area contributed by atoms with Crippen LogP contribution >= 0.6 is 0 Å². The summed E-state index contributed by atoms with van der Waals surface area (Å²) in [5.74, 6) is 0.214. The molecule has 2 aliphatic rings. The Morgan fingerprint density at radius 1 is 1.45 bits per heavy atom. The molecular weight excluding hydrogens is 138 g/mol. The summed E-state index contributed by atoms with van der Waals surface area (Å²) in [7, 11) is 0. The Labute approximate surface area is 65.3 Å². The number of allylic oxidation sites excluding steroid dienone is 2. The Hall–Kier alpha value is -1.18. The van der Waals surface area contributed by atoms with Crippen LogP contribution in [0.1, 0.15) is 12.8 Å². The van der Waals surface area contributed by atoms with Gasteiger partial charge in [0.05, 0.1) is 5.54 Å². The van der Waals surface area contributed by atoms with Gasteiger partial charge in [-0.3, -0.25) is 9.79 Å². The van der Waals surface area contributed by atoms with Crippen LogP contribution in [-0.4, -0.2) is 17.5 Å². The first-order chi connectivity index (χ1) is 5.31. The molecule has 1 spiro atoms. The molecule has 56 valence electrons. The second kappa shape index (κ2) is 2.16. The summed E-state index contributed by atoms with van der Waals surface area (Å²) in [6, 6.07) is 0. The maximum absolute atomic E-state index is 10.8. The smallest absolute Gasteiger partial charge is 0.155 e. The Kier molecular flexibility index (Phi) is 1.28. The zero-order valence-electron chi connectivity index (χ0n) is 6.16. The zero-order valence-corrected chi connectivity index (χ0v) is 6.16. The molecule has 0 saturated heterocycles. The summed E-state index contributed by atoms with van der Waals surface area (Å²) in [6.45, 7) is 0. The van der Waals surface area contributed by atoms with E-state index in [1.165, 1.54) is 0 Å².